The highest BCUT2D eigenvalue weighted by atomic mass is 32.2. The zero-order valence-electron chi connectivity index (χ0n) is 20.4. The largest absolute Gasteiger partial charge is 0.467 e. The summed E-state index contributed by atoms with van der Waals surface area (Å²) in [6.07, 6.45) is 2.19. The van der Waals surface area contributed by atoms with E-state index in [-0.39, 0.29) is 30.4 Å². The van der Waals surface area contributed by atoms with Gasteiger partial charge >= 0.3 is 0 Å². The number of nitrogens with zero attached hydrogens (tertiary/aromatic N) is 3. The Morgan fingerprint density at radius 3 is 2.25 bits per heavy atom. The number of hydrogen-bond acceptors (Lipinski definition) is 6. The number of benzene rings is 2. The summed E-state index contributed by atoms with van der Waals surface area (Å²) in [5.74, 6) is 0.366. The first kappa shape index (κ1) is 26.1. The van der Waals surface area contributed by atoms with E-state index in [2.05, 4.69) is 4.90 Å². The van der Waals surface area contributed by atoms with Crippen LogP contribution in [-0.2, 0) is 32.6 Å². The summed E-state index contributed by atoms with van der Waals surface area (Å²) in [5, 5.41) is 0. The fraction of sp³-hybridized carbons (Fsp3) is 0.370. The fourth-order valence-electron chi connectivity index (χ4n) is 4.20. The molecule has 4 rings (SSSR count). The Hall–Kier alpha value is -2.98. The van der Waals surface area contributed by atoms with Crippen molar-refractivity contribution in [1.29, 1.82) is 0 Å². The third-order valence-corrected chi connectivity index (χ3v) is 8.03. The molecule has 36 heavy (non-hydrogen) atoms. The second-order valence-electron chi connectivity index (χ2n) is 8.77. The summed E-state index contributed by atoms with van der Waals surface area (Å²) in [6, 6.07) is 21.5. The van der Waals surface area contributed by atoms with Gasteiger partial charge in [0.2, 0.25) is 15.9 Å². The second-order valence-corrected chi connectivity index (χ2v) is 10.7. The van der Waals surface area contributed by atoms with E-state index in [0.29, 0.717) is 31.9 Å². The number of amides is 1. The topological polar surface area (TPSA) is 83.3 Å². The zero-order chi connectivity index (χ0) is 25.2. The van der Waals surface area contributed by atoms with E-state index in [1.807, 2.05) is 36.4 Å². The van der Waals surface area contributed by atoms with Gasteiger partial charge in [0.1, 0.15) is 5.76 Å². The molecule has 1 amide bonds. The third kappa shape index (κ3) is 7.27. The normalized spacial score (nSPS) is 14.7. The molecule has 0 unspecified atom stereocenters. The molecule has 0 bridgehead atoms. The van der Waals surface area contributed by atoms with Crippen LogP contribution in [0.1, 0.15) is 17.7 Å². The maximum absolute atomic E-state index is 13.6. The van der Waals surface area contributed by atoms with Crippen molar-refractivity contribution in [2.24, 2.45) is 0 Å². The molecule has 2 heterocycles. The van der Waals surface area contributed by atoms with Gasteiger partial charge in [-0.1, -0.05) is 48.5 Å². The Kier molecular flexibility index (Phi) is 9.29. The van der Waals surface area contributed by atoms with Gasteiger partial charge < -0.3 is 14.1 Å². The van der Waals surface area contributed by atoms with Crippen molar-refractivity contribution in [3.05, 3.63) is 90.4 Å². The molecule has 192 valence electrons. The van der Waals surface area contributed by atoms with Crippen LogP contribution in [0.25, 0.3) is 0 Å². The lowest BCUT2D eigenvalue weighted by atomic mass is 10.2. The molecule has 0 N–H and O–H groups in total. The number of ether oxygens (including phenoxy) is 1. The molecule has 1 aliphatic rings. The van der Waals surface area contributed by atoms with Crippen LogP contribution in [0.5, 0.6) is 0 Å². The van der Waals surface area contributed by atoms with Gasteiger partial charge in [-0.3, -0.25) is 9.69 Å². The van der Waals surface area contributed by atoms with E-state index in [1.165, 1.54) is 4.31 Å². The SMILES string of the molecule is O=C(CN(CCCN1CCOCC1)S(=O)(=O)c1ccccc1)N(Cc1ccccc1)Cc1ccco1. The van der Waals surface area contributed by atoms with Crippen LogP contribution in [-0.4, -0.2) is 74.4 Å². The number of hydrogen-bond donors (Lipinski definition) is 0. The van der Waals surface area contributed by atoms with Crippen molar-refractivity contribution >= 4 is 15.9 Å². The highest BCUT2D eigenvalue weighted by Gasteiger charge is 2.29. The van der Waals surface area contributed by atoms with E-state index in [4.69, 9.17) is 9.15 Å². The second kappa shape index (κ2) is 12.8. The molecule has 8 nitrogen and oxygen atoms in total. The average molecular weight is 512 g/mol. The third-order valence-electron chi connectivity index (χ3n) is 6.17. The Balaban J connectivity index is 1.51. The minimum absolute atomic E-state index is 0.185. The van der Waals surface area contributed by atoms with Crippen LogP contribution < -0.4 is 0 Å². The molecule has 9 heteroatoms. The molecule has 0 saturated carbocycles. The summed E-state index contributed by atoms with van der Waals surface area (Å²) in [7, 11) is -3.85. The van der Waals surface area contributed by atoms with E-state index in [9.17, 15) is 13.2 Å². The molecular formula is C27H33N3O5S. The summed E-state index contributed by atoms with van der Waals surface area (Å²) in [5.41, 5.74) is 0.960. The number of morpholine rings is 1. The number of furan rings is 1. The lowest BCUT2D eigenvalue weighted by Crippen LogP contribution is -2.44. The predicted molar refractivity (Wildman–Crippen MR) is 136 cm³/mol. The van der Waals surface area contributed by atoms with E-state index in [0.717, 1.165) is 25.2 Å². The van der Waals surface area contributed by atoms with Crippen LogP contribution in [0.3, 0.4) is 0 Å². The van der Waals surface area contributed by atoms with E-state index < -0.39 is 10.0 Å². The van der Waals surface area contributed by atoms with Crippen LogP contribution in [0, 0.1) is 0 Å². The Morgan fingerprint density at radius 1 is 0.889 bits per heavy atom. The maximum atomic E-state index is 13.6. The predicted octanol–water partition coefficient (Wildman–Crippen LogP) is 3.22. The highest BCUT2D eigenvalue weighted by Crippen LogP contribution is 2.18. The van der Waals surface area contributed by atoms with Gasteiger partial charge in [0, 0.05) is 26.2 Å². The molecule has 1 saturated heterocycles. The first-order valence-corrected chi connectivity index (χ1v) is 13.7. The number of carbonyl (C=O) groups is 1. The lowest BCUT2D eigenvalue weighted by molar-refractivity contribution is -0.133. The van der Waals surface area contributed by atoms with Crippen LogP contribution in [0.15, 0.2) is 88.4 Å². The Bertz CT molecular complexity index is 1160. The van der Waals surface area contributed by atoms with Gasteiger partial charge in [-0.05, 0) is 42.8 Å². The standard InChI is InChI=1S/C27H33N3O5S/c31-27(29(22-25-11-7-18-35-25)21-24-9-3-1-4-10-24)23-30(15-8-14-28-16-19-34-20-17-28)36(32,33)26-12-5-2-6-13-26/h1-7,9-13,18H,8,14-17,19-23H2. The smallest absolute Gasteiger partial charge is 0.243 e. The van der Waals surface area contributed by atoms with Gasteiger partial charge in [-0.25, -0.2) is 8.42 Å². The molecule has 0 spiro atoms. The summed E-state index contributed by atoms with van der Waals surface area (Å²) in [6.45, 7) is 4.40. The summed E-state index contributed by atoms with van der Waals surface area (Å²) in [4.78, 5) is 17.7. The zero-order valence-corrected chi connectivity index (χ0v) is 21.2. The molecule has 0 atom stereocenters. The summed E-state index contributed by atoms with van der Waals surface area (Å²) < 4.78 is 39.3. The molecular weight excluding hydrogens is 478 g/mol. The van der Waals surface area contributed by atoms with Gasteiger partial charge in [-0.2, -0.15) is 4.31 Å². The van der Waals surface area contributed by atoms with Gasteiger partial charge in [0.25, 0.3) is 0 Å². The lowest BCUT2D eigenvalue weighted by Gasteiger charge is -2.29. The molecule has 0 radical (unpaired) electrons. The first-order valence-electron chi connectivity index (χ1n) is 12.2. The van der Waals surface area contributed by atoms with Crippen LogP contribution in [0.2, 0.25) is 0 Å². The molecule has 1 fully saturated rings. The van der Waals surface area contributed by atoms with Crippen LogP contribution in [0.4, 0.5) is 0 Å². The number of carbonyl (C=O) groups excluding carboxylic acids is 1. The van der Waals surface area contributed by atoms with Crippen molar-refractivity contribution in [1.82, 2.24) is 14.1 Å². The number of sulfonamides is 1. The molecule has 1 aromatic heterocycles. The molecule has 1 aliphatic heterocycles. The first-order chi connectivity index (χ1) is 17.5. The Morgan fingerprint density at radius 2 is 1.58 bits per heavy atom. The maximum Gasteiger partial charge on any atom is 0.243 e. The van der Waals surface area contributed by atoms with Gasteiger partial charge in [-0.15, -0.1) is 0 Å². The van der Waals surface area contributed by atoms with E-state index >= 15 is 0 Å². The van der Waals surface area contributed by atoms with E-state index in [1.54, 1.807) is 47.6 Å². The summed E-state index contributed by atoms with van der Waals surface area (Å²) >= 11 is 0. The quantitative estimate of drug-likeness (QED) is 0.371. The molecule has 2 aromatic carbocycles. The Labute approximate surface area is 213 Å². The average Bonchev–Trinajstić information content (AvgIpc) is 3.42. The molecule has 0 aliphatic carbocycles. The highest BCUT2D eigenvalue weighted by molar-refractivity contribution is 7.89. The minimum Gasteiger partial charge on any atom is -0.467 e. The van der Waals surface area contributed by atoms with Crippen molar-refractivity contribution in [3.63, 3.8) is 0 Å². The monoisotopic (exact) mass is 511 g/mol. The van der Waals surface area contributed by atoms with Crippen molar-refractivity contribution in [3.8, 4) is 0 Å². The van der Waals surface area contributed by atoms with Crippen molar-refractivity contribution < 1.29 is 22.4 Å². The van der Waals surface area contributed by atoms with Gasteiger partial charge in [0.05, 0.1) is 37.5 Å². The van der Waals surface area contributed by atoms with Crippen molar-refractivity contribution in [2.45, 2.75) is 24.4 Å². The molecule has 3 aromatic rings. The van der Waals surface area contributed by atoms with Crippen LogP contribution >= 0.6 is 0 Å². The number of rotatable bonds is 12. The van der Waals surface area contributed by atoms with Crippen molar-refractivity contribution in [2.75, 3.05) is 45.9 Å². The minimum atomic E-state index is -3.85. The van der Waals surface area contributed by atoms with Gasteiger partial charge in [0.15, 0.2) is 0 Å². The fourth-order valence-corrected chi connectivity index (χ4v) is 5.65.